The second kappa shape index (κ2) is 4.47. The molecule has 1 rings (SSSR count). The molecule has 1 aliphatic rings. The van der Waals surface area contributed by atoms with Gasteiger partial charge in [0.15, 0.2) is 0 Å². The monoisotopic (exact) mass is 194 g/mol. The third-order valence-corrected chi connectivity index (χ3v) is 2.48. The van der Waals surface area contributed by atoms with Crippen LogP contribution in [0, 0.1) is 12.3 Å². The van der Waals surface area contributed by atoms with E-state index in [2.05, 4.69) is 11.2 Å². The van der Waals surface area contributed by atoms with E-state index >= 15 is 0 Å². The molecule has 1 saturated heterocycles. The van der Waals surface area contributed by atoms with Gasteiger partial charge >= 0.3 is 0 Å². The number of hydrogen-bond donors (Lipinski definition) is 1. The highest BCUT2D eigenvalue weighted by Crippen LogP contribution is 2.14. The maximum Gasteiger partial charge on any atom is 0.240 e. The van der Waals surface area contributed by atoms with Crippen molar-refractivity contribution in [3.8, 4) is 12.3 Å². The highest BCUT2D eigenvalue weighted by atomic mass is 16.2. The molecule has 2 atom stereocenters. The van der Waals surface area contributed by atoms with E-state index < -0.39 is 0 Å². The second-order valence-corrected chi connectivity index (χ2v) is 4.04. The van der Waals surface area contributed by atoms with Gasteiger partial charge in [-0.3, -0.25) is 4.79 Å². The Balaban J connectivity index is 2.56. The van der Waals surface area contributed by atoms with Gasteiger partial charge in [-0.2, -0.15) is 0 Å². The molecule has 0 radical (unpaired) electrons. The molecule has 1 N–H and O–H groups in total. The normalized spacial score (nSPS) is 24.1. The Morgan fingerprint density at radius 2 is 2.21 bits per heavy atom. The fourth-order valence-corrected chi connectivity index (χ4v) is 1.73. The van der Waals surface area contributed by atoms with E-state index in [4.69, 9.17) is 6.42 Å². The van der Waals surface area contributed by atoms with E-state index in [1.807, 2.05) is 20.8 Å². The molecule has 0 aromatic carbocycles. The number of terminal acetylenes is 1. The zero-order valence-electron chi connectivity index (χ0n) is 9.08. The highest BCUT2D eigenvalue weighted by molar-refractivity contribution is 5.84. The van der Waals surface area contributed by atoms with Crippen LogP contribution in [0.25, 0.3) is 0 Å². The molecule has 0 spiro atoms. The lowest BCUT2D eigenvalue weighted by molar-refractivity contribution is -0.130. The summed E-state index contributed by atoms with van der Waals surface area (Å²) in [5.41, 5.74) is 0. The average molecular weight is 194 g/mol. The predicted octanol–water partition coefficient (Wildman–Crippen LogP) is 0.607. The van der Waals surface area contributed by atoms with Gasteiger partial charge in [0.05, 0.1) is 12.1 Å². The first-order valence-corrected chi connectivity index (χ1v) is 5.09. The van der Waals surface area contributed by atoms with Crippen LogP contribution >= 0.6 is 0 Å². The minimum Gasteiger partial charge on any atom is -0.328 e. The Hall–Kier alpha value is -1.01. The first-order chi connectivity index (χ1) is 6.56. The van der Waals surface area contributed by atoms with Gasteiger partial charge in [0.1, 0.15) is 0 Å². The number of rotatable bonds is 3. The van der Waals surface area contributed by atoms with Gasteiger partial charge in [0.25, 0.3) is 0 Å². The van der Waals surface area contributed by atoms with Crippen LogP contribution in [0.2, 0.25) is 0 Å². The van der Waals surface area contributed by atoms with Crippen molar-refractivity contribution in [3.63, 3.8) is 0 Å². The van der Waals surface area contributed by atoms with Gasteiger partial charge in [-0.15, -0.1) is 6.42 Å². The Bertz CT molecular complexity index is 255. The fourth-order valence-electron chi connectivity index (χ4n) is 1.73. The predicted molar refractivity (Wildman–Crippen MR) is 56.7 cm³/mol. The van der Waals surface area contributed by atoms with Crippen LogP contribution in [-0.2, 0) is 4.79 Å². The molecule has 0 saturated carbocycles. The van der Waals surface area contributed by atoms with Crippen LogP contribution in [0.15, 0.2) is 0 Å². The lowest BCUT2D eigenvalue weighted by atomic mass is 10.2. The summed E-state index contributed by atoms with van der Waals surface area (Å²) in [6.07, 6.45) is 6.16. The molecule has 0 aromatic heterocycles. The number of amides is 1. The van der Waals surface area contributed by atoms with E-state index in [0.29, 0.717) is 6.04 Å². The van der Waals surface area contributed by atoms with E-state index in [9.17, 15) is 4.79 Å². The average Bonchev–Trinajstić information content (AvgIpc) is 2.46. The van der Waals surface area contributed by atoms with Crippen LogP contribution in [0.5, 0.6) is 0 Å². The molecule has 3 heteroatoms. The van der Waals surface area contributed by atoms with Crippen LogP contribution in [0.1, 0.15) is 27.2 Å². The lowest BCUT2D eigenvalue weighted by Crippen LogP contribution is -2.43. The van der Waals surface area contributed by atoms with Crippen molar-refractivity contribution < 1.29 is 4.79 Å². The standard InChI is InChI=1S/C11H18N2O/c1-5-9(4)13-7-6-10(11(13)14)12-8(2)3/h1,8-10,12H,6-7H2,2-4H3. The van der Waals surface area contributed by atoms with Crippen LogP contribution in [-0.4, -0.2) is 35.5 Å². The van der Waals surface area contributed by atoms with Crippen molar-refractivity contribution in [2.24, 2.45) is 0 Å². The van der Waals surface area contributed by atoms with Gasteiger partial charge < -0.3 is 10.2 Å². The van der Waals surface area contributed by atoms with Gasteiger partial charge in [0.2, 0.25) is 5.91 Å². The van der Waals surface area contributed by atoms with E-state index in [1.54, 1.807) is 4.90 Å². The zero-order chi connectivity index (χ0) is 10.7. The zero-order valence-corrected chi connectivity index (χ0v) is 9.08. The molecule has 1 heterocycles. The summed E-state index contributed by atoms with van der Waals surface area (Å²) in [6.45, 7) is 6.74. The molecular weight excluding hydrogens is 176 g/mol. The molecule has 0 aliphatic carbocycles. The van der Waals surface area contributed by atoms with Crippen molar-refractivity contribution in [1.82, 2.24) is 10.2 Å². The third kappa shape index (κ3) is 2.27. The van der Waals surface area contributed by atoms with Crippen molar-refractivity contribution in [3.05, 3.63) is 0 Å². The van der Waals surface area contributed by atoms with Crippen molar-refractivity contribution in [2.45, 2.75) is 45.3 Å². The summed E-state index contributed by atoms with van der Waals surface area (Å²) in [6, 6.07) is 0.220. The number of likely N-dealkylation sites (tertiary alicyclic amines) is 1. The molecule has 78 valence electrons. The first-order valence-electron chi connectivity index (χ1n) is 5.09. The number of hydrogen-bond acceptors (Lipinski definition) is 2. The summed E-state index contributed by atoms with van der Waals surface area (Å²) in [5.74, 6) is 2.73. The SMILES string of the molecule is C#CC(C)N1CCC(NC(C)C)C1=O. The largest absolute Gasteiger partial charge is 0.328 e. The van der Waals surface area contributed by atoms with E-state index in [-0.39, 0.29) is 18.0 Å². The number of nitrogens with one attached hydrogen (secondary N) is 1. The Kier molecular flexibility index (Phi) is 3.54. The second-order valence-electron chi connectivity index (χ2n) is 4.04. The molecule has 1 amide bonds. The van der Waals surface area contributed by atoms with Crippen LogP contribution < -0.4 is 5.32 Å². The van der Waals surface area contributed by atoms with Crippen LogP contribution in [0.4, 0.5) is 0 Å². The van der Waals surface area contributed by atoms with Gasteiger partial charge in [-0.1, -0.05) is 19.8 Å². The summed E-state index contributed by atoms with van der Waals surface area (Å²) < 4.78 is 0. The van der Waals surface area contributed by atoms with Gasteiger partial charge in [-0.25, -0.2) is 0 Å². The Labute approximate surface area is 85.9 Å². The molecule has 0 bridgehead atoms. The third-order valence-electron chi connectivity index (χ3n) is 2.48. The van der Waals surface area contributed by atoms with Crippen molar-refractivity contribution >= 4 is 5.91 Å². The summed E-state index contributed by atoms with van der Waals surface area (Å²) in [4.78, 5) is 13.6. The molecule has 1 aliphatic heterocycles. The molecule has 14 heavy (non-hydrogen) atoms. The molecule has 3 nitrogen and oxygen atoms in total. The topological polar surface area (TPSA) is 32.3 Å². The molecule has 0 aromatic rings. The molecule has 2 unspecified atom stereocenters. The van der Waals surface area contributed by atoms with Crippen LogP contribution in [0.3, 0.4) is 0 Å². The number of nitrogens with zero attached hydrogens (tertiary/aromatic N) is 1. The minimum atomic E-state index is -0.0820. The lowest BCUT2D eigenvalue weighted by Gasteiger charge is -2.21. The summed E-state index contributed by atoms with van der Waals surface area (Å²) in [5, 5.41) is 3.24. The maximum atomic E-state index is 11.8. The number of carbonyl (C=O) groups is 1. The number of carbonyl (C=O) groups excluding carboxylic acids is 1. The summed E-state index contributed by atoms with van der Waals surface area (Å²) in [7, 11) is 0. The van der Waals surface area contributed by atoms with E-state index in [0.717, 1.165) is 13.0 Å². The smallest absolute Gasteiger partial charge is 0.240 e. The highest BCUT2D eigenvalue weighted by Gasteiger charge is 2.33. The molecule has 1 fully saturated rings. The first kappa shape index (κ1) is 11.1. The fraction of sp³-hybridized carbons (Fsp3) is 0.727. The Morgan fingerprint density at radius 3 is 2.71 bits per heavy atom. The van der Waals surface area contributed by atoms with Crippen molar-refractivity contribution in [1.29, 1.82) is 0 Å². The van der Waals surface area contributed by atoms with Crippen molar-refractivity contribution in [2.75, 3.05) is 6.54 Å². The summed E-state index contributed by atoms with van der Waals surface area (Å²) >= 11 is 0. The minimum absolute atomic E-state index is 0.0363. The van der Waals surface area contributed by atoms with Gasteiger partial charge in [0, 0.05) is 12.6 Å². The van der Waals surface area contributed by atoms with E-state index in [1.165, 1.54) is 0 Å². The molecular formula is C11H18N2O. The Morgan fingerprint density at radius 1 is 1.57 bits per heavy atom. The quantitative estimate of drug-likeness (QED) is 0.668. The maximum absolute atomic E-state index is 11.8. The van der Waals surface area contributed by atoms with Gasteiger partial charge in [-0.05, 0) is 13.3 Å².